The molecule has 0 radical (unpaired) electrons. The highest BCUT2D eigenvalue weighted by Crippen LogP contribution is 2.46. The standard InChI is InChI=1S/C26H24NO5.2C2H6/c1-27-13-20-16(8-9-21(28-2)25(20)30-4)18-7-6-17-19(24(18)27)12-22(29-3)26(31-5)23(17)15-10-11-32-14-15;2*1-2/h6-14H,1-5H3;2*1-2H3/q+1;;. The molecule has 190 valence electrons. The number of furan rings is 1. The molecule has 0 spiro atoms. The fraction of sp³-hybridized carbons (Fsp3) is 0.300. The lowest BCUT2D eigenvalue weighted by molar-refractivity contribution is -0.642. The molecule has 0 bridgehead atoms. The summed E-state index contributed by atoms with van der Waals surface area (Å²) in [4.78, 5) is 0. The van der Waals surface area contributed by atoms with E-state index in [9.17, 15) is 0 Å². The summed E-state index contributed by atoms with van der Waals surface area (Å²) in [5.74, 6) is 2.76. The van der Waals surface area contributed by atoms with E-state index in [2.05, 4.69) is 29.0 Å². The van der Waals surface area contributed by atoms with Crippen LogP contribution in [-0.4, -0.2) is 28.4 Å². The van der Waals surface area contributed by atoms with E-state index in [0.717, 1.165) is 43.6 Å². The molecule has 5 rings (SSSR count). The zero-order valence-corrected chi connectivity index (χ0v) is 22.7. The van der Waals surface area contributed by atoms with E-state index in [4.69, 9.17) is 23.4 Å². The predicted molar refractivity (Wildman–Crippen MR) is 147 cm³/mol. The van der Waals surface area contributed by atoms with E-state index >= 15 is 0 Å². The van der Waals surface area contributed by atoms with Crippen LogP contribution in [0.2, 0.25) is 0 Å². The molecule has 0 N–H and O–H groups in total. The Balaban J connectivity index is 0.000000861. The molecule has 3 aromatic carbocycles. The van der Waals surface area contributed by atoms with Crippen LogP contribution >= 0.6 is 0 Å². The third-order valence-corrected chi connectivity index (χ3v) is 6.00. The van der Waals surface area contributed by atoms with Gasteiger partial charge in [0.05, 0.1) is 57.1 Å². The van der Waals surface area contributed by atoms with E-state index in [1.54, 1.807) is 41.0 Å². The van der Waals surface area contributed by atoms with Crippen molar-refractivity contribution in [3.05, 3.63) is 55.1 Å². The molecule has 0 saturated heterocycles. The molecule has 36 heavy (non-hydrogen) atoms. The number of aryl methyl sites for hydroxylation is 1. The lowest BCUT2D eigenvalue weighted by Crippen LogP contribution is -2.28. The van der Waals surface area contributed by atoms with Crippen LogP contribution in [0.5, 0.6) is 23.0 Å². The molecule has 6 nitrogen and oxygen atoms in total. The molecule has 6 heteroatoms. The van der Waals surface area contributed by atoms with Gasteiger partial charge in [-0.3, -0.25) is 0 Å². The molecular weight excluding hydrogens is 454 g/mol. The van der Waals surface area contributed by atoms with Gasteiger partial charge in [0.15, 0.2) is 29.2 Å². The number of benzene rings is 3. The molecular formula is C30H36NO5+. The number of hydrogen-bond acceptors (Lipinski definition) is 5. The van der Waals surface area contributed by atoms with Crippen molar-refractivity contribution >= 4 is 32.4 Å². The Morgan fingerprint density at radius 3 is 1.86 bits per heavy atom. The van der Waals surface area contributed by atoms with E-state index in [0.29, 0.717) is 23.0 Å². The molecule has 5 aromatic rings. The second-order valence-electron chi connectivity index (χ2n) is 7.56. The largest absolute Gasteiger partial charge is 0.493 e. The van der Waals surface area contributed by atoms with Gasteiger partial charge in [0, 0.05) is 21.9 Å². The van der Waals surface area contributed by atoms with Crippen LogP contribution in [-0.2, 0) is 7.05 Å². The second-order valence-corrected chi connectivity index (χ2v) is 7.56. The van der Waals surface area contributed by atoms with Crippen molar-refractivity contribution < 1.29 is 27.9 Å². The van der Waals surface area contributed by atoms with Crippen molar-refractivity contribution in [1.29, 1.82) is 0 Å². The first-order valence-electron chi connectivity index (χ1n) is 12.2. The Labute approximate surface area is 213 Å². The second kappa shape index (κ2) is 11.7. The number of fused-ring (bicyclic) bond motifs is 5. The first kappa shape index (κ1) is 26.7. The first-order valence-corrected chi connectivity index (χ1v) is 12.2. The van der Waals surface area contributed by atoms with Crippen molar-refractivity contribution in [3.63, 3.8) is 0 Å². The van der Waals surface area contributed by atoms with E-state index in [1.807, 2.05) is 52.9 Å². The molecule has 0 fully saturated rings. The van der Waals surface area contributed by atoms with Gasteiger partial charge in [0.1, 0.15) is 7.05 Å². The van der Waals surface area contributed by atoms with E-state index in [-0.39, 0.29) is 0 Å². The Kier molecular flexibility index (Phi) is 8.64. The summed E-state index contributed by atoms with van der Waals surface area (Å²) in [6, 6.07) is 12.2. The van der Waals surface area contributed by atoms with Crippen LogP contribution in [0.3, 0.4) is 0 Å². The molecule has 0 aliphatic heterocycles. The number of aromatic nitrogens is 1. The molecule has 0 amide bonds. The summed E-state index contributed by atoms with van der Waals surface area (Å²) >= 11 is 0. The first-order chi connectivity index (χ1) is 17.6. The van der Waals surface area contributed by atoms with Gasteiger partial charge in [-0.2, -0.15) is 4.57 Å². The number of ether oxygens (including phenoxy) is 4. The molecule has 2 aromatic heterocycles. The SMILES string of the molecule is CC.CC.COc1cc2c(ccc3c4ccc(OC)c(OC)c4c[n+](C)c23)c(-c2ccoc2)c1OC. The van der Waals surface area contributed by atoms with Crippen molar-refractivity contribution in [3.8, 4) is 34.1 Å². The smallest absolute Gasteiger partial charge is 0.220 e. The van der Waals surface area contributed by atoms with Crippen LogP contribution in [0.4, 0.5) is 0 Å². The Bertz CT molecular complexity index is 1470. The quantitative estimate of drug-likeness (QED) is 0.191. The maximum absolute atomic E-state index is 5.76. The highest BCUT2D eigenvalue weighted by molar-refractivity contribution is 6.18. The lowest BCUT2D eigenvalue weighted by atomic mass is 9.94. The lowest BCUT2D eigenvalue weighted by Gasteiger charge is -2.16. The van der Waals surface area contributed by atoms with Gasteiger partial charge in [0.25, 0.3) is 0 Å². The number of methoxy groups -OCH3 is 4. The molecule has 0 unspecified atom stereocenters. The average Bonchev–Trinajstić information content (AvgIpc) is 3.47. The summed E-state index contributed by atoms with van der Waals surface area (Å²) in [5, 5.41) is 5.26. The van der Waals surface area contributed by atoms with Crippen molar-refractivity contribution in [2.24, 2.45) is 7.05 Å². The van der Waals surface area contributed by atoms with Crippen LogP contribution in [0.15, 0.2) is 59.5 Å². The minimum Gasteiger partial charge on any atom is -0.493 e. The molecule has 0 aliphatic rings. The molecule has 2 heterocycles. The van der Waals surface area contributed by atoms with Gasteiger partial charge in [-0.25, -0.2) is 0 Å². The topological polar surface area (TPSA) is 53.9 Å². The highest BCUT2D eigenvalue weighted by Gasteiger charge is 2.24. The number of pyridine rings is 1. The summed E-state index contributed by atoms with van der Waals surface area (Å²) in [7, 11) is 8.65. The van der Waals surface area contributed by atoms with Gasteiger partial charge in [-0.05, 0) is 30.3 Å². The van der Waals surface area contributed by atoms with Crippen molar-refractivity contribution in [1.82, 2.24) is 0 Å². The van der Waals surface area contributed by atoms with Crippen LogP contribution < -0.4 is 23.5 Å². The monoisotopic (exact) mass is 490 g/mol. The third kappa shape index (κ3) is 4.28. The maximum atomic E-state index is 5.76. The van der Waals surface area contributed by atoms with Crippen molar-refractivity contribution in [2.75, 3.05) is 28.4 Å². The molecule has 0 atom stereocenters. The van der Waals surface area contributed by atoms with E-state index < -0.39 is 0 Å². The average molecular weight is 491 g/mol. The Hall–Kier alpha value is -3.93. The minimum atomic E-state index is 0.663. The van der Waals surface area contributed by atoms with Crippen molar-refractivity contribution in [2.45, 2.75) is 27.7 Å². The predicted octanol–water partition coefficient (Wildman–Crippen LogP) is 7.32. The van der Waals surface area contributed by atoms with Gasteiger partial charge < -0.3 is 23.4 Å². The highest BCUT2D eigenvalue weighted by atomic mass is 16.5. The number of nitrogens with zero attached hydrogens (tertiary/aromatic N) is 1. The normalized spacial score (nSPS) is 10.4. The maximum Gasteiger partial charge on any atom is 0.220 e. The minimum absolute atomic E-state index is 0.663. The van der Waals surface area contributed by atoms with Gasteiger partial charge in [-0.15, -0.1) is 0 Å². The van der Waals surface area contributed by atoms with Gasteiger partial charge in [-0.1, -0.05) is 33.8 Å². The summed E-state index contributed by atoms with van der Waals surface area (Å²) in [6.07, 6.45) is 5.46. The van der Waals surface area contributed by atoms with Crippen LogP contribution in [0.25, 0.3) is 43.6 Å². The number of rotatable bonds is 5. The zero-order chi connectivity index (χ0) is 26.4. The van der Waals surface area contributed by atoms with Gasteiger partial charge >= 0.3 is 0 Å². The fourth-order valence-corrected chi connectivity index (χ4v) is 4.63. The zero-order valence-electron chi connectivity index (χ0n) is 22.7. The summed E-state index contributed by atoms with van der Waals surface area (Å²) in [6.45, 7) is 8.00. The van der Waals surface area contributed by atoms with Gasteiger partial charge in [0.2, 0.25) is 5.52 Å². The summed E-state index contributed by atoms with van der Waals surface area (Å²) < 4.78 is 30.2. The Morgan fingerprint density at radius 2 is 1.28 bits per heavy atom. The molecule has 0 aliphatic carbocycles. The van der Waals surface area contributed by atoms with Crippen LogP contribution in [0.1, 0.15) is 27.7 Å². The number of hydrogen-bond donors (Lipinski definition) is 0. The third-order valence-electron chi connectivity index (χ3n) is 6.00. The Morgan fingerprint density at radius 1 is 0.639 bits per heavy atom. The summed E-state index contributed by atoms with van der Waals surface area (Å²) in [5.41, 5.74) is 2.94. The fourth-order valence-electron chi connectivity index (χ4n) is 4.63. The van der Waals surface area contributed by atoms with Crippen LogP contribution in [0, 0.1) is 0 Å². The molecule has 0 saturated carbocycles. The van der Waals surface area contributed by atoms with E-state index in [1.165, 1.54) is 0 Å².